The second-order valence-electron chi connectivity index (χ2n) is 8.18. The fourth-order valence-electron chi connectivity index (χ4n) is 4.10. The number of likely N-dealkylation sites (tertiary alicyclic amines) is 1. The van der Waals surface area contributed by atoms with Crippen LogP contribution in [-0.4, -0.2) is 48.6 Å². The monoisotopic (exact) mass is 439 g/mol. The summed E-state index contributed by atoms with van der Waals surface area (Å²) in [6, 6.07) is 13.6. The van der Waals surface area contributed by atoms with Crippen molar-refractivity contribution < 1.29 is 4.79 Å². The van der Waals surface area contributed by atoms with Crippen molar-refractivity contribution in [3.05, 3.63) is 84.1 Å². The van der Waals surface area contributed by atoms with Gasteiger partial charge in [-0.1, -0.05) is 12.1 Å². The van der Waals surface area contributed by atoms with Crippen molar-refractivity contribution in [2.45, 2.75) is 26.3 Å². The summed E-state index contributed by atoms with van der Waals surface area (Å²) in [5.74, 6) is 0.195. The molecule has 0 aliphatic carbocycles. The molecule has 1 saturated heterocycles. The Kier molecular flexibility index (Phi) is 5.91. The first-order valence-electron chi connectivity index (χ1n) is 11.1. The molecule has 0 saturated carbocycles. The van der Waals surface area contributed by atoms with Crippen LogP contribution >= 0.6 is 0 Å². The Balaban J connectivity index is 1.34. The van der Waals surface area contributed by atoms with E-state index in [0.717, 1.165) is 36.6 Å². The number of aromatic nitrogens is 5. The minimum atomic E-state index is -0.208. The summed E-state index contributed by atoms with van der Waals surface area (Å²) in [7, 11) is 0. The topological polar surface area (TPSA) is 88.8 Å². The van der Waals surface area contributed by atoms with Crippen molar-refractivity contribution in [2.75, 3.05) is 18.4 Å². The minimum absolute atomic E-state index is 0.208. The lowest BCUT2D eigenvalue weighted by atomic mass is 10.1. The third-order valence-corrected chi connectivity index (χ3v) is 5.83. The van der Waals surface area contributed by atoms with E-state index in [-0.39, 0.29) is 5.91 Å². The van der Waals surface area contributed by atoms with Crippen LogP contribution < -0.4 is 5.32 Å². The predicted octanol–water partition coefficient (Wildman–Crippen LogP) is 3.88. The second kappa shape index (κ2) is 9.30. The molecule has 1 aliphatic rings. The molecule has 0 spiro atoms. The first-order valence-corrected chi connectivity index (χ1v) is 11.1. The highest BCUT2D eigenvalue weighted by Crippen LogP contribution is 2.20. The van der Waals surface area contributed by atoms with Crippen molar-refractivity contribution in [1.82, 2.24) is 29.6 Å². The van der Waals surface area contributed by atoms with E-state index >= 15 is 0 Å². The summed E-state index contributed by atoms with van der Waals surface area (Å²) in [6.45, 7) is 5.02. The van der Waals surface area contributed by atoms with Gasteiger partial charge in [-0.15, -0.1) is 0 Å². The summed E-state index contributed by atoms with van der Waals surface area (Å²) in [6.07, 6.45) is 9.22. The molecule has 1 aromatic carbocycles. The van der Waals surface area contributed by atoms with Gasteiger partial charge >= 0.3 is 0 Å². The van der Waals surface area contributed by atoms with Crippen molar-refractivity contribution >= 4 is 11.6 Å². The third-order valence-electron chi connectivity index (χ3n) is 5.83. The largest absolute Gasteiger partial charge is 0.322 e. The molecule has 33 heavy (non-hydrogen) atoms. The molecule has 166 valence electrons. The van der Waals surface area contributed by atoms with Crippen LogP contribution in [0.1, 0.15) is 34.5 Å². The fraction of sp³-hybridized carbons (Fsp3) is 0.240. The Hall–Kier alpha value is -3.91. The van der Waals surface area contributed by atoms with Gasteiger partial charge in [0.05, 0.1) is 23.1 Å². The number of benzene rings is 1. The lowest BCUT2D eigenvalue weighted by molar-refractivity contribution is 0.102. The molecule has 4 aromatic rings. The van der Waals surface area contributed by atoms with Gasteiger partial charge in [0.1, 0.15) is 0 Å². The molecular weight excluding hydrogens is 414 g/mol. The summed E-state index contributed by atoms with van der Waals surface area (Å²) >= 11 is 0. The molecule has 5 rings (SSSR count). The Bertz CT molecular complexity index is 1260. The van der Waals surface area contributed by atoms with E-state index in [2.05, 4.69) is 36.3 Å². The van der Waals surface area contributed by atoms with E-state index in [4.69, 9.17) is 0 Å². The zero-order valence-electron chi connectivity index (χ0n) is 18.5. The average Bonchev–Trinajstić information content (AvgIpc) is 3.49. The lowest BCUT2D eigenvalue weighted by Crippen LogP contribution is -2.18. The maximum atomic E-state index is 13.0. The third kappa shape index (κ3) is 4.65. The van der Waals surface area contributed by atoms with Crippen molar-refractivity contribution in [3.8, 4) is 17.2 Å². The number of carbonyl (C=O) groups excluding carboxylic acids is 1. The van der Waals surface area contributed by atoms with Gasteiger partial charge in [0.15, 0.2) is 0 Å². The number of pyridine rings is 1. The van der Waals surface area contributed by atoms with Gasteiger partial charge in [0.2, 0.25) is 0 Å². The normalized spacial score (nSPS) is 13.8. The van der Waals surface area contributed by atoms with Gasteiger partial charge in [-0.25, -0.2) is 14.6 Å². The molecule has 1 N–H and O–H groups in total. The average molecular weight is 440 g/mol. The smallest absolute Gasteiger partial charge is 0.259 e. The molecule has 0 radical (unpaired) electrons. The maximum absolute atomic E-state index is 13.0. The SMILES string of the molecule is Cc1c(C(=O)Nc2cccc(CN3CCCC3)c2)cnn1-c1nccc(-c2cccnc2)n1. The van der Waals surface area contributed by atoms with Crippen LogP contribution in [0.2, 0.25) is 0 Å². The lowest BCUT2D eigenvalue weighted by Gasteiger charge is -2.15. The number of amides is 1. The van der Waals surface area contributed by atoms with Gasteiger partial charge < -0.3 is 5.32 Å². The Morgan fingerprint density at radius 1 is 1.06 bits per heavy atom. The van der Waals surface area contributed by atoms with Crippen LogP contribution in [-0.2, 0) is 6.54 Å². The molecule has 0 bridgehead atoms. The number of rotatable bonds is 6. The molecule has 3 aromatic heterocycles. The van der Waals surface area contributed by atoms with Crippen molar-refractivity contribution in [1.29, 1.82) is 0 Å². The van der Waals surface area contributed by atoms with Crippen LogP contribution in [0.3, 0.4) is 0 Å². The zero-order chi connectivity index (χ0) is 22.6. The van der Waals surface area contributed by atoms with Crippen LogP contribution in [0.4, 0.5) is 5.69 Å². The second-order valence-corrected chi connectivity index (χ2v) is 8.18. The highest BCUT2D eigenvalue weighted by atomic mass is 16.1. The number of nitrogens with one attached hydrogen (secondary N) is 1. The number of carbonyl (C=O) groups is 1. The summed E-state index contributed by atoms with van der Waals surface area (Å²) < 4.78 is 1.58. The van der Waals surface area contributed by atoms with E-state index in [9.17, 15) is 4.79 Å². The molecule has 0 unspecified atom stereocenters. The molecule has 0 atom stereocenters. The quantitative estimate of drug-likeness (QED) is 0.490. The van der Waals surface area contributed by atoms with Crippen LogP contribution in [0.15, 0.2) is 67.3 Å². The molecule has 4 heterocycles. The van der Waals surface area contributed by atoms with E-state index in [1.807, 2.05) is 43.3 Å². The Labute approximate surface area is 192 Å². The summed E-state index contributed by atoms with van der Waals surface area (Å²) in [4.78, 5) is 28.5. The fourth-order valence-corrected chi connectivity index (χ4v) is 4.10. The first kappa shape index (κ1) is 21.0. The Morgan fingerprint density at radius 2 is 1.94 bits per heavy atom. The minimum Gasteiger partial charge on any atom is -0.322 e. The van der Waals surface area contributed by atoms with Gasteiger partial charge in [-0.3, -0.25) is 14.7 Å². The standard InChI is InChI=1S/C25H25N7O/c1-18-22(24(33)29-21-8-4-6-19(14-21)17-31-12-2-3-13-31)16-28-32(18)25-27-11-9-23(30-25)20-7-5-10-26-15-20/h4-11,14-16H,2-3,12-13,17H2,1H3,(H,29,33). The summed E-state index contributed by atoms with van der Waals surface area (Å²) in [5, 5.41) is 7.38. The molecule has 1 fully saturated rings. The van der Waals surface area contributed by atoms with Gasteiger partial charge in [0, 0.05) is 36.4 Å². The van der Waals surface area contributed by atoms with Gasteiger partial charge in [0.25, 0.3) is 11.9 Å². The highest BCUT2D eigenvalue weighted by Gasteiger charge is 2.18. The van der Waals surface area contributed by atoms with Crippen LogP contribution in [0.5, 0.6) is 0 Å². The van der Waals surface area contributed by atoms with E-state index < -0.39 is 0 Å². The van der Waals surface area contributed by atoms with E-state index in [1.165, 1.54) is 18.4 Å². The molecule has 8 nitrogen and oxygen atoms in total. The number of hydrogen-bond acceptors (Lipinski definition) is 6. The Morgan fingerprint density at radius 3 is 2.76 bits per heavy atom. The van der Waals surface area contributed by atoms with Gasteiger partial charge in [-0.2, -0.15) is 5.10 Å². The maximum Gasteiger partial charge on any atom is 0.259 e. The number of anilines is 1. The molecule has 8 heteroatoms. The van der Waals surface area contributed by atoms with E-state index in [0.29, 0.717) is 17.2 Å². The highest BCUT2D eigenvalue weighted by molar-refractivity contribution is 6.05. The summed E-state index contributed by atoms with van der Waals surface area (Å²) in [5.41, 5.74) is 4.75. The number of nitrogens with zero attached hydrogens (tertiary/aromatic N) is 6. The van der Waals surface area contributed by atoms with Gasteiger partial charge in [-0.05, 0) is 68.8 Å². The zero-order valence-corrected chi connectivity index (χ0v) is 18.5. The molecule has 1 aliphatic heterocycles. The van der Waals surface area contributed by atoms with Crippen molar-refractivity contribution in [3.63, 3.8) is 0 Å². The number of hydrogen-bond donors (Lipinski definition) is 1. The van der Waals surface area contributed by atoms with Crippen molar-refractivity contribution in [2.24, 2.45) is 0 Å². The van der Waals surface area contributed by atoms with Crippen LogP contribution in [0.25, 0.3) is 17.2 Å². The molecular formula is C25H25N7O. The molecule has 1 amide bonds. The van der Waals surface area contributed by atoms with Crippen LogP contribution in [0, 0.1) is 6.92 Å². The van der Waals surface area contributed by atoms with E-state index in [1.54, 1.807) is 29.5 Å². The first-order chi connectivity index (χ1) is 16.2. The predicted molar refractivity (Wildman–Crippen MR) is 126 cm³/mol.